The molecule has 0 unspecified atom stereocenters. The van der Waals surface area contributed by atoms with Crippen LogP contribution < -0.4 is 4.72 Å². The van der Waals surface area contributed by atoms with Crippen LogP contribution in [0.5, 0.6) is 0 Å². The van der Waals surface area contributed by atoms with Crippen LogP contribution in [0.15, 0.2) is 18.2 Å². The lowest BCUT2D eigenvalue weighted by Gasteiger charge is -2.33. The van der Waals surface area contributed by atoms with Gasteiger partial charge in [0, 0.05) is 29.7 Å². The molecule has 6 nitrogen and oxygen atoms in total. The van der Waals surface area contributed by atoms with E-state index in [2.05, 4.69) is 4.72 Å². The van der Waals surface area contributed by atoms with Gasteiger partial charge >= 0.3 is 6.09 Å². The summed E-state index contributed by atoms with van der Waals surface area (Å²) < 4.78 is 32.7. The molecule has 0 aromatic heterocycles. The van der Waals surface area contributed by atoms with Gasteiger partial charge in [0.2, 0.25) is 10.0 Å². The minimum absolute atomic E-state index is 0.180. The van der Waals surface area contributed by atoms with Crippen LogP contribution in [0.2, 0.25) is 10.0 Å². The number of piperidine rings is 1. The molecule has 1 aromatic carbocycles. The van der Waals surface area contributed by atoms with Gasteiger partial charge in [-0.15, -0.1) is 0 Å². The summed E-state index contributed by atoms with van der Waals surface area (Å²) in [4.78, 5) is 13.7. The molecule has 1 aromatic rings. The van der Waals surface area contributed by atoms with E-state index in [1.165, 1.54) is 6.07 Å². The van der Waals surface area contributed by atoms with E-state index in [9.17, 15) is 13.2 Å². The minimum Gasteiger partial charge on any atom is -0.444 e. The lowest BCUT2D eigenvalue weighted by atomic mass is 9.97. The number of hydrogen-bond acceptors (Lipinski definition) is 4. The van der Waals surface area contributed by atoms with Gasteiger partial charge in [-0.1, -0.05) is 29.3 Å². The molecule has 0 bridgehead atoms. The molecule has 1 amide bonds. The summed E-state index contributed by atoms with van der Waals surface area (Å²) in [5.74, 6) is -0.0149. The summed E-state index contributed by atoms with van der Waals surface area (Å²) in [5.41, 5.74) is -0.0136. The van der Waals surface area contributed by atoms with Gasteiger partial charge in [-0.2, -0.15) is 0 Å². The molecular weight excluding hydrogens is 411 g/mol. The Morgan fingerprint density at radius 3 is 2.44 bits per heavy atom. The molecule has 2 rings (SSSR count). The highest BCUT2D eigenvalue weighted by Gasteiger charge is 2.27. The molecule has 1 aliphatic rings. The average molecular weight is 437 g/mol. The molecule has 0 radical (unpaired) electrons. The van der Waals surface area contributed by atoms with Crippen molar-refractivity contribution in [2.45, 2.75) is 45.0 Å². The van der Waals surface area contributed by atoms with E-state index < -0.39 is 15.6 Å². The number of likely N-dealkylation sites (tertiary alicyclic amines) is 1. The molecule has 0 spiro atoms. The van der Waals surface area contributed by atoms with Crippen LogP contribution in [-0.4, -0.2) is 44.6 Å². The van der Waals surface area contributed by atoms with Crippen LogP contribution >= 0.6 is 23.2 Å². The number of carbonyl (C=O) groups is 1. The summed E-state index contributed by atoms with van der Waals surface area (Å²) in [7, 11) is -3.51. The second-order valence-corrected chi connectivity index (χ2v) is 10.4. The second-order valence-electron chi connectivity index (χ2n) is 7.75. The molecule has 1 saturated heterocycles. The topological polar surface area (TPSA) is 75.7 Å². The molecule has 152 valence electrons. The van der Waals surface area contributed by atoms with E-state index in [1.54, 1.807) is 17.0 Å². The van der Waals surface area contributed by atoms with Crippen molar-refractivity contribution < 1.29 is 17.9 Å². The molecule has 0 atom stereocenters. The Bertz CT molecular complexity index is 770. The van der Waals surface area contributed by atoms with Crippen molar-refractivity contribution >= 4 is 39.3 Å². The summed E-state index contributed by atoms with van der Waals surface area (Å²) >= 11 is 11.9. The molecular formula is C18H26Cl2N2O4S. The predicted octanol–water partition coefficient (Wildman–Crippen LogP) is 4.06. The van der Waals surface area contributed by atoms with Gasteiger partial charge in [0.15, 0.2) is 0 Å². The van der Waals surface area contributed by atoms with Crippen molar-refractivity contribution in [3.05, 3.63) is 33.8 Å². The third kappa shape index (κ3) is 7.49. The lowest BCUT2D eigenvalue weighted by molar-refractivity contribution is 0.0185. The highest BCUT2D eigenvalue weighted by molar-refractivity contribution is 7.88. The van der Waals surface area contributed by atoms with Crippen LogP contribution in [0.25, 0.3) is 0 Å². The first-order valence-corrected chi connectivity index (χ1v) is 11.3. The summed E-state index contributed by atoms with van der Waals surface area (Å²) in [6.07, 6.45) is 1.13. The fraction of sp³-hybridized carbons (Fsp3) is 0.611. The molecule has 1 fully saturated rings. The molecule has 27 heavy (non-hydrogen) atoms. The van der Waals surface area contributed by atoms with Gasteiger partial charge in [-0.25, -0.2) is 17.9 Å². The predicted molar refractivity (Wildman–Crippen MR) is 108 cm³/mol. The van der Waals surface area contributed by atoms with Crippen molar-refractivity contribution in [3.63, 3.8) is 0 Å². The van der Waals surface area contributed by atoms with E-state index in [-0.39, 0.29) is 17.8 Å². The number of hydrogen-bond donors (Lipinski definition) is 1. The normalized spacial score (nSPS) is 16.4. The van der Waals surface area contributed by atoms with E-state index in [0.717, 1.165) is 12.8 Å². The van der Waals surface area contributed by atoms with Gasteiger partial charge < -0.3 is 9.64 Å². The van der Waals surface area contributed by atoms with Gasteiger partial charge in [0.25, 0.3) is 0 Å². The average Bonchev–Trinajstić information content (AvgIpc) is 2.54. The van der Waals surface area contributed by atoms with Crippen LogP contribution in [0.1, 0.15) is 39.2 Å². The van der Waals surface area contributed by atoms with E-state index in [1.807, 2.05) is 20.8 Å². The maximum atomic E-state index is 12.3. The number of sulfonamides is 1. The van der Waals surface area contributed by atoms with Gasteiger partial charge in [0.1, 0.15) is 5.60 Å². The Hall–Kier alpha value is -1.02. The molecule has 0 aliphatic carbocycles. The number of nitrogens with zero attached hydrogens (tertiary/aromatic N) is 1. The Morgan fingerprint density at radius 2 is 1.89 bits per heavy atom. The SMILES string of the molecule is CC(C)(C)OC(=O)N1CCC(CNS(=O)(=O)Cc2ccc(Cl)cc2Cl)CC1. The molecule has 1 N–H and O–H groups in total. The van der Waals surface area contributed by atoms with Crippen molar-refractivity contribution in [1.82, 2.24) is 9.62 Å². The van der Waals surface area contributed by atoms with Gasteiger partial charge in [-0.05, 0) is 57.2 Å². The van der Waals surface area contributed by atoms with Gasteiger partial charge in [-0.3, -0.25) is 0 Å². The standard InChI is InChI=1S/C18H26Cl2N2O4S/c1-18(2,3)26-17(23)22-8-6-13(7-9-22)11-21-27(24,25)12-14-4-5-15(19)10-16(14)20/h4-5,10,13,21H,6-9,11-12H2,1-3H3. The van der Waals surface area contributed by atoms with E-state index in [4.69, 9.17) is 27.9 Å². The van der Waals surface area contributed by atoms with Crippen molar-refractivity contribution in [1.29, 1.82) is 0 Å². The first kappa shape index (κ1) is 22.3. The molecule has 9 heteroatoms. The Balaban J connectivity index is 1.81. The zero-order valence-corrected chi connectivity index (χ0v) is 18.1. The monoisotopic (exact) mass is 436 g/mol. The zero-order chi connectivity index (χ0) is 20.2. The Labute approximate surface area is 171 Å². The van der Waals surface area contributed by atoms with Crippen molar-refractivity contribution in [2.24, 2.45) is 5.92 Å². The Morgan fingerprint density at radius 1 is 1.26 bits per heavy atom. The number of halogens is 2. The number of amides is 1. The number of rotatable bonds is 5. The smallest absolute Gasteiger partial charge is 0.410 e. The summed E-state index contributed by atoms with van der Waals surface area (Å²) in [5, 5.41) is 0.796. The molecule has 1 heterocycles. The third-order valence-corrected chi connectivity index (χ3v) is 6.10. The third-order valence-electron chi connectivity index (χ3n) is 4.22. The van der Waals surface area contributed by atoms with Crippen LogP contribution in [-0.2, 0) is 20.5 Å². The maximum Gasteiger partial charge on any atom is 0.410 e. The van der Waals surface area contributed by atoms with E-state index >= 15 is 0 Å². The molecule has 0 saturated carbocycles. The zero-order valence-electron chi connectivity index (χ0n) is 15.8. The largest absolute Gasteiger partial charge is 0.444 e. The van der Waals surface area contributed by atoms with Crippen LogP contribution in [0.3, 0.4) is 0 Å². The van der Waals surface area contributed by atoms with Crippen molar-refractivity contribution in [3.8, 4) is 0 Å². The summed E-state index contributed by atoms with van der Waals surface area (Å²) in [6, 6.07) is 4.76. The highest BCUT2D eigenvalue weighted by atomic mass is 35.5. The molecule has 1 aliphatic heterocycles. The number of benzene rings is 1. The number of ether oxygens (including phenoxy) is 1. The maximum absolute atomic E-state index is 12.3. The highest BCUT2D eigenvalue weighted by Crippen LogP contribution is 2.23. The summed E-state index contributed by atoms with van der Waals surface area (Å²) in [6.45, 7) is 6.96. The Kier molecular flexibility index (Phi) is 7.41. The first-order chi connectivity index (χ1) is 12.5. The first-order valence-electron chi connectivity index (χ1n) is 8.84. The van der Waals surface area contributed by atoms with Crippen LogP contribution in [0, 0.1) is 5.92 Å². The fourth-order valence-electron chi connectivity index (χ4n) is 2.79. The quantitative estimate of drug-likeness (QED) is 0.754. The van der Waals surface area contributed by atoms with Crippen LogP contribution in [0.4, 0.5) is 4.79 Å². The minimum atomic E-state index is -3.51. The second kappa shape index (κ2) is 8.99. The van der Waals surface area contributed by atoms with E-state index in [0.29, 0.717) is 35.2 Å². The van der Waals surface area contributed by atoms with Crippen molar-refractivity contribution in [2.75, 3.05) is 19.6 Å². The number of nitrogens with one attached hydrogen (secondary N) is 1. The van der Waals surface area contributed by atoms with Gasteiger partial charge in [0.05, 0.1) is 5.75 Å². The lowest BCUT2D eigenvalue weighted by Crippen LogP contribution is -2.43. The fourth-order valence-corrected chi connectivity index (χ4v) is 4.59. The number of carbonyl (C=O) groups excluding carboxylic acids is 1.